The van der Waals surface area contributed by atoms with Gasteiger partial charge in [-0.2, -0.15) is 4.57 Å². The normalized spacial score (nSPS) is 14.3. The number of carbonyl (C=O) groups is 1. The number of benzene rings is 1. The van der Waals surface area contributed by atoms with Crippen LogP contribution in [0.4, 0.5) is 0 Å². The Kier molecular flexibility index (Phi) is 6.79. The lowest BCUT2D eigenvalue weighted by Crippen LogP contribution is -3.00. The van der Waals surface area contributed by atoms with Crippen molar-refractivity contribution in [3.05, 3.63) is 60.2 Å². The van der Waals surface area contributed by atoms with Crippen LogP contribution in [-0.2, 0) is 13.0 Å². The van der Waals surface area contributed by atoms with Crippen molar-refractivity contribution in [2.45, 2.75) is 45.2 Å². The summed E-state index contributed by atoms with van der Waals surface area (Å²) in [6.07, 6.45) is 8.46. The third-order valence-corrected chi connectivity index (χ3v) is 5.42. The molecule has 4 rings (SSSR count). The Morgan fingerprint density at radius 2 is 1.79 bits per heavy atom. The molecular formula is C22H25BrN4O2. The van der Waals surface area contributed by atoms with Gasteiger partial charge in [0.2, 0.25) is 11.8 Å². The lowest BCUT2D eigenvalue weighted by molar-refractivity contribution is -0.704. The van der Waals surface area contributed by atoms with E-state index in [0.29, 0.717) is 5.56 Å². The maximum Gasteiger partial charge on any atom is 0.230 e. The van der Waals surface area contributed by atoms with Crippen molar-refractivity contribution in [1.29, 1.82) is 0 Å². The predicted octanol–water partition coefficient (Wildman–Crippen LogP) is 0.416. The number of halogens is 1. The molecule has 0 radical (unpaired) electrons. The van der Waals surface area contributed by atoms with Gasteiger partial charge in [-0.25, -0.2) is 0 Å². The largest absolute Gasteiger partial charge is 1.00 e. The Morgan fingerprint density at radius 1 is 1.07 bits per heavy atom. The number of aryl methyl sites for hydroxylation is 1. The number of rotatable bonds is 5. The van der Waals surface area contributed by atoms with Crippen LogP contribution in [0, 0.1) is 0 Å². The zero-order valence-corrected chi connectivity index (χ0v) is 18.3. The van der Waals surface area contributed by atoms with Crippen LogP contribution in [0.3, 0.4) is 0 Å². The number of carbonyl (C=O) groups excluding carboxylic acids is 1. The van der Waals surface area contributed by atoms with Crippen LogP contribution >= 0.6 is 0 Å². The molecule has 2 aromatic heterocycles. The third-order valence-electron chi connectivity index (χ3n) is 5.42. The first-order valence-corrected chi connectivity index (χ1v) is 9.79. The maximum absolute atomic E-state index is 12.8. The van der Waals surface area contributed by atoms with Crippen molar-refractivity contribution in [2.24, 2.45) is 0 Å². The first kappa shape index (κ1) is 21.2. The van der Waals surface area contributed by atoms with E-state index in [2.05, 4.69) is 14.8 Å². The molecular weight excluding hydrogens is 432 g/mol. The van der Waals surface area contributed by atoms with Crippen molar-refractivity contribution in [2.75, 3.05) is 7.11 Å². The summed E-state index contributed by atoms with van der Waals surface area (Å²) >= 11 is 0. The molecule has 0 spiro atoms. The Bertz CT molecular complexity index is 967. The summed E-state index contributed by atoms with van der Waals surface area (Å²) in [5.41, 5.74) is 1.70. The zero-order chi connectivity index (χ0) is 19.5. The Labute approximate surface area is 181 Å². The van der Waals surface area contributed by atoms with Crippen LogP contribution in [-0.4, -0.2) is 27.7 Å². The molecule has 0 amide bonds. The van der Waals surface area contributed by atoms with E-state index in [1.54, 1.807) is 19.2 Å². The molecule has 1 aliphatic heterocycles. The highest BCUT2D eigenvalue weighted by Crippen LogP contribution is 2.22. The van der Waals surface area contributed by atoms with E-state index >= 15 is 0 Å². The summed E-state index contributed by atoms with van der Waals surface area (Å²) in [4.78, 5) is 12.8. The number of fused-ring (bicyclic) bond motifs is 1. The van der Waals surface area contributed by atoms with Gasteiger partial charge in [0.1, 0.15) is 11.6 Å². The van der Waals surface area contributed by atoms with Crippen molar-refractivity contribution in [3.8, 4) is 17.1 Å². The molecule has 0 aliphatic carbocycles. The minimum atomic E-state index is -0.294. The van der Waals surface area contributed by atoms with E-state index in [4.69, 9.17) is 4.74 Å². The van der Waals surface area contributed by atoms with Gasteiger partial charge in [-0.3, -0.25) is 4.79 Å². The number of ether oxygens (including phenoxy) is 1. The monoisotopic (exact) mass is 456 g/mol. The van der Waals surface area contributed by atoms with Crippen LogP contribution in [0.5, 0.6) is 5.75 Å². The lowest BCUT2D eigenvalue weighted by Gasteiger charge is -2.09. The molecule has 0 fully saturated rings. The number of methoxy groups -OCH3 is 1. The number of nitrogens with zero attached hydrogens (tertiary/aromatic N) is 4. The molecule has 152 valence electrons. The van der Waals surface area contributed by atoms with Gasteiger partial charge in [-0.05, 0) is 37.1 Å². The van der Waals surface area contributed by atoms with Gasteiger partial charge in [0.15, 0.2) is 18.2 Å². The number of aromatic nitrogens is 4. The molecule has 1 aliphatic rings. The highest BCUT2D eigenvalue weighted by molar-refractivity contribution is 5.97. The fourth-order valence-corrected chi connectivity index (χ4v) is 3.68. The van der Waals surface area contributed by atoms with E-state index in [1.165, 1.54) is 12.8 Å². The summed E-state index contributed by atoms with van der Waals surface area (Å²) in [7, 11) is 1.62. The Morgan fingerprint density at radius 3 is 2.48 bits per heavy atom. The first-order valence-electron chi connectivity index (χ1n) is 9.79. The summed E-state index contributed by atoms with van der Waals surface area (Å²) in [6.45, 7) is 2.88. The van der Waals surface area contributed by atoms with Gasteiger partial charge in [-0.1, -0.05) is 6.42 Å². The number of hydrogen-bond donors (Lipinski definition) is 0. The fourth-order valence-electron chi connectivity index (χ4n) is 3.68. The molecule has 0 N–H and O–H groups in total. The van der Waals surface area contributed by atoms with Gasteiger partial charge in [-0.15, -0.1) is 10.2 Å². The zero-order valence-electron chi connectivity index (χ0n) is 16.7. The van der Waals surface area contributed by atoms with Crippen molar-refractivity contribution < 1.29 is 31.1 Å². The number of hydrogen-bond acceptors (Lipinski definition) is 4. The molecule has 1 unspecified atom stereocenters. The van der Waals surface area contributed by atoms with E-state index < -0.39 is 0 Å². The second-order valence-corrected chi connectivity index (χ2v) is 7.20. The average Bonchev–Trinajstić information content (AvgIpc) is 3.01. The Balaban J connectivity index is 0.00000240. The molecule has 0 saturated heterocycles. The quantitative estimate of drug-likeness (QED) is 0.412. The molecule has 6 nitrogen and oxygen atoms in total. The van der Waals surface area contributed by atoms with Crippen LogP contribution in [0.25, 0.3) is 11.4 Å². The number of pyridine rings is 1. The summed E-state index contributed by atoms with van der Waals surface area (Å²) in [5.74, 6) is 2.80. The summed E-state index contributed by atoms with van der Waals surface area (Å²) < 4.78 is 9.32. The van der Waals surface area contributed by atoms with Crippen molar-refractivity contribution in [3.63, 3.8) is 0 Å². The topological polar surface area (TPSA) is 60.9 Å². The van der Waals surface area contributed by atoms with Gasteiger partial charge in [0.25, 0.3) is 0 Å². The third kappa shape index (κ3) is 4.40. The summed E-state index contributed by atoms with van der Waals surface area (Å²) in [5, 5.41) is 8.78. The molecule has 29 heavy (non-hydrogen) atoms. The molecule has 7 heteroatoms. The van der Waals surface area contributed by atoms with E-state index in [9.17, 15) is 4.79 Å². The molecule has 0 saturated carbocycles. The number of ketones is 1. The lowest BCUT2D eigenvalue weighted by atomic mass is 10.0. The SMILES string of the molecule is COc1ccc(C(=O)C(C)[n+]2ccc(-c3nnc4n3CCCCC4)cc2)cc1.[Br-]. The standard InChI is InChI=1S/C22H25N4O2.BrH/c1-16(21(27)17-7-9-19(28-2)10-8-17)25-14-11-18(12-15-25)22-24-23-20-6-4-3-5-13-26(20)22;/h7-12,14-16H,3-6,13H2,1-2H3;1H/q+1;/p-1. The average molecular weight is 457 g/mol. The number of Topliss-reactive ketones (excluding diaryl/α,β-unsaturated/α-hetero) is 1. The van der Waals surface area contributed by atoms with Crippen LogP contribution in [0.15, 0.2) is 48.8 Å². The maximum atomic E-state index is 12.8. The van der Waals surface area contributed by atoms with E-state index in [-0.39, 0.29) is 28.8 Å². The van der Waals surface area contributed by atoms with Gasteiger partial charge in [0, 0.05) is 43.1 Å². The minimum Gasteiger partial charge on any atom is -1.00 e. The predicted molar refractivity (Wildman–Crippen MR) is 105 cm³/mol. The first-order chi connectivity index (χ1) is 13.7. The van der Waals surface area contributed by atoms with Crippen LogP contribution < -0.4 is 26.3 Å². The van der Waals surface area contributed by atoms with Crippen molar-refractivity contribution in [1.82, 2.24) is 14.8 Å². The van der Waals surface area contributed by atoms with Gasteiger partial charge >= 0.3 is 0 Å². The fraction of sp³-hybridized carbons (Fsp3) is 0.364. The molecule has 3 aromatic rings. The highest BCUT2D eigenvalue weighted by atomic mass is 79.9. The molecule has 3 heterocycles. The van der Waals surface area contributed by atoms with Crippen LogP contribution in [0.1, 0.15) is 48.4 Å². The van der Waals surface area contributed by atoms with Gasteiger partial charge in [0.05, 0.1) is 7.11 Å². The van der Waals surface area contributed by atoms with E-state index in [0.717, 1.165) is 42.3 Å². The highest BCUT2D eigenvalue weighted by Gasteiger charge is 2.24. The molecule has 0 bridgehead atoms. The van der Waals surface area contributed by atoms with Crippen LogP contribution in [0.2, 0.25) is 0 Å². The molecule has 1 atom stereocenters. The second kappa shape index (κ2) is 9.31. The summed E-state index contributed by atoms with van der Waals surface area (Å²) in [6, 6.07) is 11.0. The second-order valence-electron chi connectivity index (χ2n) is 7.20. The molecule has 1 aromatic carbocycles. The van der Waals surface area contributed by atoms with Gasteiger partial charge < -0.3 is 26.3 Å². The van der Waals surface area contributed by atoms with E-state index in [1.807, 2.05) is 48.1 Å². The minimum absolute atomic E-state index is 0. The van der Waals surface area contributed by atoms with Crippen molar-refractivity contribution >= 4 is 5.78 Å². The Hall–Kier alpha value is -2.54. The smallest absolute Gasteiger partial charge is 0.230 e.